The van der Waals surface area contributed by atoms with Crippen LogP contribution in [0.4, 0.5) is 13.2 Å². The minimum atomic E-state index is -4.80. The summed E-state index contributed by atoms with van der Waals surface area (Å²) in [5.74, 6) is -0.655. The standard InChI is InChI=1S/C7H2BrF3N2O/c8-4-1-2-6(13-5(4)3-12)14-7(9,10)11/h1-2H. The molecule has 0 fully saturated rings. The first-order valence-electron chi connectivity index (χ1n) is 3.25. The topological polar surface area (TPSA) is 45.9 Å². The zero-order valence-electron chi connectivity index (χ0n) is 6.47. The first kappa shape index (κ1) is 10.8. The molecule has 0 bridgehead atoms. The van der Waals surface area contributed by atoms with E-state index < -0.39 is 12.2 Å². The highest BCUT2D eigenvalue weighted by Crippen LogP contribution is 2.23. The summed E-state index contributed by atoms with van der Waals surface area (Å²) in [7, 11) is 0. The molecule has 0 N–H and O–H groups in total. The molecule has 1 rings (SSSR count). The summed E-state index contributed by atoms with van der Waals surface area (Å²) >= 11 is 2.95. The smallest absolute Gasteiger partial charge is 0.388 e. The molecule has 0 aliphatic rings. The van der Waals surface area contributed by atoms with Crippen molar-refractivity contribution in [2.45, 2.75) is 6.36 Å². The van der Waals surface area contributed by atoms with E-state index in [1.54, 1.807) is 6.07 Å². The second kappa shape index (κ2) is 3.84. The van der Waals surface area contributed by atoms with E-state index in [4.69, 9.17) is 5.26 Å². The van der Waals surface area contributed by atoms with E-state index in [1.165, 1.54) is 6.07 Å². The van der Waals surface area contributed by atoms with Crippen molar-refractivity contribution < 1.29 is 17.9 Å². The first-order valence-corrected chi connectivity index (χ1v) is 4.04. The highest BCUT2D eigenvalue weighted by atomic mass is 79.9. The van der Waals surface area contributed by atoms with E-state index in [0.29, 0.717) is 4.47 Å². The van der Waals surface area contributed by atoms with Gasteiger partial charge in [-0.1, -0.05) is 0 Å². The maximum absolute atomic E-state index is 11.7. The van der Waals surface area contributed by atoms with Gasteiger partial charge in [0, 0.05) is 6.07 Å². The van der Waals surface area contributed by atoms with Gasteiger partial charge in [0.1, 0.15) is 6.07 Å². The molecule has 0 saturated carbocycles. The van der Waals surface area contributed by atoms with Crippen molar-refractivity contribution in [3.8, 4) is 11.9 Å². The summed E-state index contributed by atoms with van der Waals surface area (Å²) in [6.45, 7) is 0. The molecule has 0 saturated heterocycles. The summed E-state index contributed by atoms with van der Waals surface area (Å²) in [5, 5.41) is 8.46. The fourth-order valence-electron chi connectivity index (χ4n) is 0.678. The maximum atomic E-state index is 11.7. The molecule has 0 unspecified atom stereocenters. The van der Waals surface area contributed by atoms with Crippen LogP contribution in [0.1, 0.15) is 5.69 Å². The number of pyridine rings is 1. The van der Waals surface area contributed by atoms with Crippen molar-refractivity contribution in [2.24, 2.45) is 0 Å². The van der Waals surface area contributed by atoms with E-state index in [-0.39, 0.29) is 5.69 Å². The predicted octanol–water partition coefficient (Wildman–Crippen LogP) is 2.61. The Kier molecular flexibility index (Phi) is 2.96. The maximum Gasteiger partial charge on any atom is 0.574 e. The molecule has 7 heteroatoms. The van der Waals surface area contributed by atoms with Gasteiger partial charge in [-0.25, -0.2) is 4.98 Å². The molecule has 0 aliphatic carbocycles. The molecule has 0 aromatic carbocycles. The SMILES string of the molecule is N#Cc1nc(OC(F)(F)F)ccc1Br. The van der Waals surface area contributed by atoms with Crippen LogP contribution in [-0.2, 0) is 0 Å². The summed E-state index contributed by atoms with van der Waals surface area (Å²) in [5.41, 5.74) is -0.160. The van der Waals surface area contributed by atoms with Crippen molar-refractivity contribution in [1.82, 2.24) is 4.98 Å². The summed E-state index contributed by atoms with van der Waals surface area (Å²) in [4.78, 5) is 3.33. The molecule has 0 atom stereocenters. The molecular formula is C7H2BrF3N2O. The van der Waals surface area contributed by atoms with E-state index >= 15 is 0 Å². The van der Waals surface area contributed by atoms with Crippen LogP contribution >= 0.6 is 15.9 Å². The average Bonchev–Trinajstić information content (AvgIpc) is 2.06. The molecule has 1 aromatic heterocycles. The quantitative estimate of drug-likeness (QED) is 0.785. The molecule has 1 aromatic rings. The van der Waals surface area contributed by atoms with Gasteiger partial charge in [-0.05, 0) is 22.0 Å². The molecule has 0 radical (unpaired) electrons. The molecule has 0 amide bonds. The number of nitriles is 1. The molecule has 14 heavy (non-hydrogen) atoms. The monoisotopic (exact) mass is 266 g/mol. The first-order chi connectivity index (χ1) is 6.42. The number of alkyl halides is 3. The van der Waals surface area contributed by atoms with Crippen LogP contribution in [0.2, 0.25) is 0 Å². The third-order valence-electron chi connectivity index (χ3n) is 1.15. The third kappa shape index (κ3) is 2.88. The van der Waals surface area contributed by atoms with Gasteiger partial charge in [-0.2, -0.15) is 5.26 Å². The molecular weight excluding hydrogens is 265 g/mol. The Bertz CT molecular complexity index is 386. The minimum absolute atomic E-state index is 0.160. The summed E-state index contributed by atoms with van der Waals surface area (Å²) in [6.07, 6.45) is -4.80. The fourth-order valence-corrected chi connectivity index (χ4v) is 0.988. The van der Waals surface area contributed by atoms with Gasteiger partial charge in [-0.15, -0.1) is 13.2 Å². The summed E-state index contributed by atoms with van der Waals surface area (Å²) in [6, 6.07) is 3.88. The van der Waals surface area contributed by atoms with Crippen LogP contribution in [-0.4, -0.2) is 11.3 Å². The highest BCUT2D eigenvalue weighted by Gasteiger charge is 2.31. The second-order valence-electron chi connectivity index (χ2n) is 2.14. The van der Waals surface area contributed by atoms with Gasteiger partial charge < -0.3 is 4.74 Å². The van der Waals surface area contributed by atoms with Crippen molar-refractivity contribution in [1.29, 1.82) is 5.26 Å². The van der Waals surface area contributed by atoms with Crippen molar-refractivity contribution in [2.75, 3.05) is 0 Å². The van der Waals surface area contributed by atoms with Crippen molar-refractivity contribution in [3.63, 3.8) is 0 Å². The number of halogens is 4. The average molecular weight is 267 g/mol. The van der Waals surface area contributed by atoms with E-state index in [0.717, 1.165) is 6.07 Å². The largest absolute Gasteiger partial charge is 0.574 e. The number of rotatable bonds is 1. The van der Waals surface area contributed by atoms with Crippen molar-refractivity contribution in [3.05, 3.63) is 22.3 Å². The third-order valence-corrected chi connectivity index (χ3v) is 1.79. The second-order valence-corrected chi connectivity index (χ2v) is 2.99. The zero-order chi connectivity index (χ0) is 10.8. The lowest BCUT2D eigenvalue weighted by Crippen LogP contribution is -2.18. The Morgan fingerprint density at radius 1 is 1.43 bits per heavy atom. The van der Waals surface area contributed by atoms with Crippen LogP contribution in [0.3, 0.4) is 0 Å². The predicted molar refractivity (Wildman–Crippen MR) is 43.3 cm³/mol. The van der Waals surface area contributed by atoms with Crippen LogP contribution in [0.15, 0.2) is 16.6 Å². The number of nitrogens with zero attached hydrogens (tertiary/aromatic N) is 2. The lowest BCUT2D eigenvalue weighted by Gasteiger charge is -2.07. The van der Waals surface area contributed by atoms with Crippen LogP contribution in [0.25, 0.3) is 0 Å². The van der Waals surface area contributed by atoms with Gasteiger partial charge in [0.15, 0.2) is 5.69 Å². The number of aromatic nitrogens is 1. The van der Waals surface area contributed by atoms with Crippen LogP contribution < -0.4 is 4.74 Å². The lowest BCUT2D eigenvalue weighted by atomic mass is 10.4. The molecule has 74 valence electrons. The number of ether oxygens (including phenoxy) is 1. The Hall–Kier alpha value is -1.29. The molecule has 1 heterocycles. The molecule has 0 aliphatic heterocycles. The van der Waals surface area contributed by atoms with Gasteiger partial charge in [0.05, 0.1) is 4.47 Å². The van der Waals surface area contributed by atoms with Crippen LogP contribution in [0.5, 0.6) is 5.88 Å². The minimum Gasteiger partial charge on any atom is -0.388 e. The number of hydrogen-bond donors (Lipinski definition) is 0. The van der Waals surface area contributed by atoms with Gasteiger partial charge in [-0.3, -0.25) is 0 Å². The molecule has 3 nitrogen and oxygen atoms in total. The van der Waals surface area contributed by atoms with E-state index in [9.17, 15) is 13.2 Å². The normalized spacial score (nSPS) is 10.8. The number of hydrogen-bond acceptors (Lipinski definition) is 3. The fraction of sp³-hybridized carbons (Fsp3) is 0.143. The zero-order valence-corrected chi connectivity index (χ0v) is 8.06. The van der Waals surface area contributed by atoms with Crippen molar-refractivity contribution >= 4 is 15.9 Å². The Balaban J connectivity index is 2.97. The van der Waals surface area contributed by atoms with E-state index in [1.807, 2.05) is 0 Å². The van der Waals surface area contributed by atoms with E-state index in [2.05, 4.69) is 25.7 Å². The lowest BCUT2D eigenvalue weighted by molar-refractivity contribution is -0.276. The highest BCUT2D eigenvalue weighted by molar-refractivity contribution is 9.10. The van der Waals surface area contributed by atoms with Gasteiger partial charge in [0.25, 0.3) is 0 Å². The Labute approximate surface area is 85.3 Å². The molecule has 0 spiro atoms. The van der Waals surface area contributed by atoms with Crippen LogP contribution in [0, 0.1) is 11.3 Å². The summed E-state index contributed by atoms with van der Waals surface area (Å²) < 4.78 is 39.0. The van der Waals surface area contributed by atoms with Gasteiger partial charge in [0.2, 0.25) is 5.88 Å². The Morgan fingerprint density at radius 2 is 2.07 bits per heavy atom. The van der Waals surface area contributed by atoms with Gasteiger partial charge >= 0.3 is 6.36 Å². The Morgan fingerprint density at radius 3 is 2.57 bits per heavy atom.